The first-order chi connectivity index (χ1) is 8.65. The quantitative estimate of drug-likeness (QED) is 0.906. The number of rotatable bonds is 3. The highest BCUT2D eigenvalue weighted by atomic mass is 35.5. The fraction of sp³-hybridized carbons (Fsp3) is 0.0909. The molecule has 0 atom stereocenters. The van der Waals surface area contributed by atoms with Crippen molar-refractivity contribution in [1.82, 2.24) is 10.3 Å². The summed E-state index contributed by atoms with van der Waals surface area (Å²) < 4.78 is 0. The van der Waals surface area contributed by atoms with E-state index in [0.717, 1.165) is 5.56 Å². The lowest BCUT2D eigenvalue weighted by Crippen LogP contribution is -2.28. The third kappa shape index (κ3) is 3.60. The summed E-state index contributed by atoms with van der Waals surface area (Å²) in [6.45, 7) is 0.327. The number of urea groups is 1. The molecule has 1 heterocycles. The number of halogens is 2. The van der Waals surface area contributed by atoms with Crippen molar-refractivity contribution in [2.45, 2.75) is 6.54 Å². The Bertz CT molecular complexity index is 545. The summed E-state index contributed by atoms with van der Waals surface area (Å²) in [6, 6.07) is 4.81. The SMILES string of the molecule is O=C(NCc1ccc(Cl)cc1Cl)Nc1nccs1. The van der Waals surface area contributed by atoms with Crippen molar-refractivity contribution in [3.63, 3.8) is 0 Å². The second kappa shape index (κ2) is 6.04. The Morgan fingerprint density at radius 3 is 2.89 bits per heavy atom. The Balaban J connectivity index is 1.89. The van der Waals surface area contributed by atoms with Gasteiger partial charge in [-0.05, 0) is 17.7 Å². The van der Waals surface area contributed by atoms with Crippen molar-refractivity contribution >= 4 is 45.7 Å². The molecule has 2 aromatic rings. The first kappa shape index (κ1) is 13.1. The van der Waals surface area contributed by atoms with Gasteiger partial charge in [0.15, 0.2) is 5.13 Å². The van der Waals surface area contributed by atoms with Crippen LogP contribution in [0.1, 0.15) is 5.56 Å². The lowest BCUT2D eigenvalue weighted by molar-refractivity contribution is 0.251. The molecule has 18 heavy (non-hydrogen) atoms. The molecule has 0 spiro atoms. The smallest absolute Gasteiger partial charge is 0.321 e. The van der Waals surface area contributed by atoms with E-state index in [1.165, 1.54) is 11.3 Å². The van der Waals surface area contributed by atoms with Crippen molar-refractivity contribution in [1.29, 1.82) is 0 Å². The van der Waals surface area contributed by atoms with Gasteiger partial charge < -0.3 is 5.32 Å². The van der Waals surface area contributed by atoms with Gasteiger partial charge in [0, 0.05) is 28.2 Å². The first-order valence-electron chi connectivity index (χ1n) is 5.03. The molecule has 1 aromatic carbocycles. The highest BCUT2D eigenvalue weighted by Crippen LogP contribution is 2.20. The molecule has 7 heteroatoms. The minimum absolute atomic E-state index is 0.323. The third-order valence-electron chi connectivity index (χ3n) is 2.11. The van der Waals surface area contributed by atoms with Gasteiger partial charge in [0.05, 0.1) is 0 Å². The van der Waals surface area contributed by atoms with Crippen LogP contribution in [-0.2, 0) is 6.54 Å². The summed E-state index contributed by atoms with van der Waals surface area (Å²) in [4.78, 5) is 15.5. The van der Waals surface area contributed by atoms with Crippen molar-refractivity contribution in [3.05, 3.63) is 45.4 Å². The maximum absolute atomic E-state index is 11.5. The van der Waals surface area contributed by atoms with Crippen LogP contribution in [0.25, 0.3) is 0 Å². The molecule has 0 saturated heterocycles. The van der Waals surface area contributed by atoms with E-state index in [1.54, 1.807) is 29.8 Å². The monoisotopic (exact) mass is 301 g/mol. The van der Waals surface area contributed by atoms with Crippen molar-refractivity contribution in [2.75, 3.05) is 5.32 Å². The van der Waals surface area contributed by atoms with Gasteiger partial charge in [-0.25, -0.2) is 9.78 Å². The normalized spacial score (nSPS) is 10.1. The van der Waals surface area contributed by atoms with E-state index in [-0.39, 0.29) is 6.03 Å². The van der Waals surface area contributed by atoms with Crippen LogP contribution in [0, 0.1) is 0 Å². The largest absolute Gasteiger partial charge is 0.334 e. The lowest BCUT2D eigenvalue weighted by Gasteiger charge is -2.07. The maximum atomic E-state index is 11.5. The Labute approximate surface area is 118 Å². The fourth-order valence-corrected chi connectivity index (χ4v) is 2.27. The van der Waals surface area contributed by atoms with E-state index in [9.17, 15) is 4.79 Å². The van der Waals surface area contributed by atoms with Gasteiger partial charge in [-0.15, -0.1) is 11.3 Å². The summed E-state index contributed by atoms with van der Waals surface area (Å²) in [5, 5.41) is 8.72. The Morgan fingerprint density at radius 1 is 1.39 bits per heavy atom. The van der Waals surface area contributed by atoms with Gasteiger partial charge in [-0.2, -0.15) is 0 Å². The van der Waals surface area contributed by atoms with Crippen molar-refractivity contribution in [3.8, 4) is 0 Å². The van der Waals surface area contributed by atoms with Crippen LogP contribution in [0.4, 0.5) is 9.93 Å². The molecule has 0 bridgehead atoms. The van der Waals surface area contributed by atoms with Crippen LogP contribution in [0.5, 0.6) is 0 Å². The van der Waals surface area contributed by atoms with Gasteiger partial charge in [-0.1, -0.05) is 29.3 Å². The molecule has 0 fully saturated rings. The molecule has 4 nitrogen and oxygen atoms in total. The van der Waals surface area contributed by atoms with Gasteiger partial charge >= 0.3 is 6.03 Å². The van der Waals surface area contributed by atoms with Crippen LogP contribution in [0.2, 0.25) is 10.0 Å². The zero-order chi connectivity index (χ0) is 13.0. The molecule has 0 saturated carbocycles. The molecule has 0 radical (unpaired) electrons. The number of aromatic nitrogens is 1. The molecule has 0 aliphatic carbocycles. The van der Waals surface area contributed by atoms with Crippen molar-refractivity contribution < 1.29 is 4.79 Å². The van der Waals surface area contributed by atoms with Crippen LogP contribution < -0.4 is 10.6 Å². The predicted octanol–water partition coefficient (Wildman–Crippen LogP) is 3.77. The average molecular weight is 302 g/mol. The molecule has 0 aliphatic rings. The number of anilines is 1. The third-order valence-corrected chi connectivity index (χ3v) is 3.38. The number of nitrogens with one attached hydrogen (secondary N) is 2. The predicted molar refractivity (Wildman–Crippen MR) is 74.4 cm³/mol. The second-order valence-corrected chi connectivity index (χ2v) is 5.12. The highest BCUT2D eigenvalue weighted by molar-refractivity contribution is 7.13. The summed E-state index contributed by atoms with van der Waals surface area (Å²) in [6.07, 6.45) is 1.62. The Kier molecular flexibility index (Phi) is 4.41. The van der Waals surface area contributed by atoms with Crippen LogP contribution >= 0.6 is 34.5 Å². The summed E-state index contributed by atoms with van der Waals surface area (Å²) in [5.41, 5.74) is 0.801. The zero-order valence-electron chi connectivity index (χ0n) is 9.11. The number of nitrogens with zero attached hydrogens (tertiary/aromatic N) is 1. The number of carbonyl (C=O) groups excluding carboxylic acids is 1. The zero-order valence-corrected chi connectivity index (χ0v) is 11.4. The van der Waals surface area contributed by atoms with E-state index in [4.69, 9.17) is 23.2 Å². The topological polar surface area (TPSA) is 54.0 Å². The lowest BCUT2D eigenvalue weighted by atomic mass is 10.2. The molecule has 0 unspecified atom stereocenters. The number of benzene rings is 1. The summed E-state index contributed by atoms with van der Waals surface area (Å²) >= 11 is 13.1. The van der Waals surface area contributed by atoms with E-state index >= 15 is 0 Å². The van der Waals surface area contributed by atoms with Gasteiger partial charge in [-0.3, -0.25) is 5.32 Å². The first-order valence-corrected chi connectivity index (χ1v) is 6.67. The van der Waals surface area contributed by atoms with E-state index < -0.39 is 0 Å². The van der Waals surface area contributed by atoms with Crippen LogP contribution in [0.15, 0.2) is 29.8 Å². The number of hydrogen-bond acceptors (Lipinski definition) is 3. The number of amides is 2. The highest BCUT2D eigenvalue weighted by Gasteiger charge is 2.05. The second-order valence-electron chi connectivity index (χ2n) is 3.38. The minimum atomic E-state index is -0.323. The van der Waals surface area contributed by atoms with Gasteiger partial charge in [0.1, 0.15) is 0 Å². The molecule has 2 rings (SSSR count). The number of carbonyl (C=O) groups is 1. The summed E-state index contributed by atoms with van der Waals surface area (Å²) in [5.74, 6) is 0. The van der Waals surface area contributed by atoms with Crippen LogP contribution in [0.3, 0.4) is 0 Å². The number of hydrogen-bond donors (Lipinski definition) is 2. The average Bonchev–Trinajstić information content (AvgIpc) is 2.80. The molecule has 94 valence electrons. The van der Waals surface area contributed by atoms with Crippen molar-refractivity contribution in [2.24, 2.45) is 0 Å². The Morgan fingerprint density at radius 2 is 2.22 bits per heavy atom. The molecule has 1 aromatic heterocycles. The number of thiazole rings is 1. The van der Waals surface area contributed by atoms with Crippen LogP contribution in [-0.4, -0.2) is 11.0 Å². The molecule has 2 amide bonds. The van der Waals surface area contributed by atoms with E-state index in [2.05, 4.69) is 15.6 Å². The molecule has 0 aliphatic heterocycles. The maximum Gasteiger partial charge on any atom is 0.321 e. The minimum Gasteiger partial charge on any atom is -0.334 e. The van der Waals surface area contributed by atoms with Gasteiger partial charge in [0.2, 0.25) is 0 Å². The molecular weight excluding hydrogens is 293 g/mol. The Hall–Kier alpha value is -1.30. The van der Waals surface area contributed by atoms with E-state index in [1.807, 2.05) is 0 Å². The standard InChI is InChI=1S/C11H9Cl2N3OS/c12-8-2-1-7(9(13)5-8)6-15-10(17)16-11-14-3-4-18-11/h1-5H,6H2,(H2,14,15,16,17). The summed E-state index contributed by atoms with van der Waals surface area (Å²) in [7, 11) is 0. The fourth-order valence-electron chi connectivity index (χ4n) is 1.27. The molecular formula is C11H9Cl2N3OS. The van der Waals surface area contributed by atoms with Gasteiger partial charge in [0.25, 0.3) is 0 Å². The molecule has 2 N–H and O–H groups in total. The van der Waals surface area contributed by atoms with E-state index in [0.29, 0.717) is 21.7 Å².